The second kappa shape index (κ2) is 5.01. The van der Waals surface area contributed by atoms with Crippen LogP contribution in [0.1, 0.15) is 5.56 Å². The maximum absolute atomic E-state index is 11.2. The third-order valence-corrected chi connectivity index (χ3v) is 1.79. The summed E-state index contributed by atoms with van der Waals surface area (Å²) in [4.78, 5) is 31.6. The van der Waals surface area contributed by atoms with Crippen LogP contribution in [0.15, 0.2) is 35.5 Å². The molecule has 0 spiro atoms. The van der Waals surface area contributed by atoms with Gasteiger partial charge in [0, 0.05) is 6.42 Å². The first kappa shape index (κ1) is 10.2. The molecule has 1 atom stereocenters. The van der Waals surface area contributed by atoms with E-state index in [9.17, 15) is 14.5 Å². The minimum atomic E-state index is -1.37. The van der Waals surface area contributed by atoms with Crippen LogP contribution in [0.25, 0.3) is 0 Å². The van der Waals surface area contributed by atoms with E-state index in [-0.39, 0.29) is 12.7 Å². The normalized spacial score (nSPS) is 11.7. The average Bonchev–Trinajstić information content (AvgIpc) is 2.21. The van der Waals surface area contributed by atoms with Crippen LogP contribution in [0.4, 0.5) is 0 Å². The van der Waals surface area contributed by atoms with Gasteiger partial charge in [0.25, 0.3) is 0 Å². The SMILES string of the molecule is O=CC(N=O)C(=O)Cc1ccccc1. The molecule has 0 saturated carbocycles. The van der Waals surface area contributed by atoms with E-state index in [1.807, 2.05) is 6.07 Å². The maximum Gasteiger partial charge on any atom is 0.205 e. The molecule has 0 aliphatic heterocycles. The molecule has 1 unspecified atom stereocenters. The molecule has 0 radical (unpaired) electrons. The Kier molecular flexibility index (Phi) is 3.67. The first-order valence-corrected chi connectivity index (χ1v) is 4.12. The minimum absolute atomic E-state index is 0.0655. The van der Waals surface area contributed by atoms with Crippen molar-refractivity contribution in [1.82, 2.24) is 0 Å². The van der Waals surface area contributed by atoms with Gasteiger partial charge in [0.15, 0.2) is 12.1 Å². The smallest absolute Gasteiger partial charge is 0.205 e. The average molecular weight is 191 g/mol. The molecule has 4 nitrogen and oxygen atoms in total. The summed E-state index contributed by atoms with van der Waals surface area (Å²) < 4.78 is 0. The summed E-state index contributed by atoms with van der Waals surface area (Å²) in [5.74, 6) is -0.471. The lowest BCUT2D eigenvalue weighted by Gasteiger charge is -2.00. The molecule has 0 N–H and O–H groups in total. The zero-order chi connectivity index (χ0) is 10.4. The maximum atomic E-state index is 11.2. The Morgan fingerprint density at radius 1 is 1.36 bits per heavy atom. The lowest BCUT2D eigenvalue weighted by molar-refractivity contribution is -0.123. The van der Waals surface area contributed by atoms with E-state index in [2.05, 4.69) is 5.18 Å². The van der Waals surface area contributed by atoms with Crippen LogP contribution in [-0.2, 0) is 16.0 Å². The summed E-state index contributed by atoms with van der Waals surface area (Å²) in [7, 11) is 0. The van der Waals surface area contributed by atoms with Crippen LogP contribution < -0.4 is 0 Å². The molecule has 0 fully saturated rings. The summed E-state index contributed by atoms with van der Waals surface area (Å²) in [5, 5.41) is 2.44. The van der Waals surface area contributed by atoms with Gasteiger partial charge >= 0.3 is 0 Å². The van der Waals surface area contributed by atoms with Crippen LogP contribution >= 0.6 is 0 Å². The molecule has 1 aromatic carbocycles. The van der Waals surface area contributed by atoms with Crippen molar-refractivity contribution in [3.05, 3.63) is 40.8 Å². The molecule has 0 amide bonds. The lowest BCUT2D eigenvalue weighted by Crippen LogP contribution is -2.21. The summed E-state index contributed by atoms with van der Waals surface area (Å²) >= 11 is 0. The first-order valence-electron chi connectivity index (χ1n) is 4.12. The Labute approximate surface area is 80.9 Å². The summed E-state index contributed by atoms with van der Waals surface area (Å²) in [6.45, 7) is 0. The predicted molar refractivity (Wildman–Crippen MR) is 50.8 cm³/mol. The summed E-state index contributed by atoms with van der Waals surface area (Å²) in [5.41, 5.74) is 0.771. The van der Waals surface area contributed by atoms with Gasteiger partial charge in [-0.25, -0.2) is 0 Å². The number of ketones is 1. The molecule has 0 aliphatic rings. The Bertz CT molecular complexity index is 326. The van der Waals surface area contributed by atoms with Gasteiger partial charge in [0.05, 0.1) is 0 Å². The molecule has 0 heterocycles. The molecule has 0 bridgehead atoms. The highest BCUT2D eigenvalue weighted by Crippen LogP contribution is 2.02. The third kappa shape index (κ3) is 2.58. The Morgan fingerprint density at radius 3 is 2.50 bits per heavy atom. The number of carbonyl (C=O) groups excluding carboxylic acids is 2. The molecule has 14 heavy (non-hydrogen) atoms. The van der Waals surface area contributed by atoms with E-state index in [0.29, 0.717) is 0 Å². The van der Waals surface area contributed by atoms with Crippen molar-refractivity contribution in [3.8, 4) is 0 Å². The zero-order valence-corrected chi connectivity index (χ0v) is 7.42. The van der Waals surface area contributed by atoms with Gasteiger partial charge in [-0.1, -0.05) is 35.5 Å². The van der Waals surface area contributed by atoms with Crippen LogP contribution in [0.3, 0.4) is 0 Å². The molecule has 1 aromatic rings. The Morgan fingerprint density at radius 2 is 2.00 bits per heavy atom. The van der Waals surface area contributed by atoms with Gasteiger partial charge in [-0.05, 0) is 5.56 Å². The van der Waals surface area contributed by atoms with E-state index < -0.39 is 11.8 Å². The van der Waals surface area contributed by atoms with Gasteiger partial charge in [-0.2, -0.15) is 0 Å². The van der Waals surface area contributed by atoms with Crippen molar-refractivity contribution in [2.75, 3.05) is 0 Å². The Hall–Kier alpha value is -1.84. The number of Topliss-reactive ketones (excluding diaryl/α,β-unsaturated/α-hetero) is 1. The number of benzene rings is 1. The fourth-order valence-corrected chi connectivity index (χ4v) is 1.06. The van der Waals surface area contributed by atoms with Gasteiger partial charge < -0.3 is 4.79 Å². The second-order valence-electron chi connectivity index (χ2n) is 2.82. The second-order valence-corrected chi connectivity index (χ2v) is 2.82. The molecular weight excluding hydrogens is 182 g/mol. The van der Waals surface area contributed by atoms with Crippen molar-refractivity contribution < 1.29 is 9.59 Å². The monoisotopic (exact) mass is 191 g/mol. The number of hydrogen-bond donors (Lipinski definition) is 0. The largest absolute Gasteiger partial charge is 0.300 e. The Balaban J connectivity index is 2.65. The van der Waals surface area contributed by atoms with E-state index >= 15 is 0 Å². The number of nitroso groups, excluding NO2 is 1. The molecule has 1 rings (SSSR count). The highest BCUT2D eigenvalue weighted by atomic mass is 16.3. The zero-order valence-electron chi connectivity index (χ0n) is 7.42. The number of aldehydes is 1. The van der Waals surface area contributed by atoms with Crippen molar-refractivity contribution >= 4 is 12.1 Å². The van der Waals surface area contributed by atoms with E-state index in [1.165, 1.54) is 0 Å². The topological polar surface area (TPSA) is 63.6 Å². The lowest BCUT2D eigenvalue weighted by atomic mass is 10.1. The fraction of sp³-hybridized carbons (Fsp3) is 0.200. The summed E-state index contributed by atoms with van der Waals surface area (Å²) in [6, 6.07) is 7.54. The van der Waals surface area contributed by atoms with Gasteiger partial charge in [-0.15, -0.1) is 4.91 Å². The molecule has 72 valence electrons. The van der Waals surface area contributed by atoms with E-state index in [1.54, 1.807) is 24.3 Å². The van der Waals surface area contributed by atoms with Crippen LogP contribution in [0.2, 0.25) is 0 Å². The molecule has 0 aliphatic carbocycles. The van der Waals surface area contributed by atoms with Crippen LogP contribution in [0.5, 0.6) is 0 Å². The predicted octanol–water partition coefficient (Wildman–Crippen LogP) is 1.13. The quantitative estimate of drug-likeness (QED) is 0.398. The van der Waals surface area contributed by atoms with Gasteiger partial charge in [0.2, 0.25) is 6.04 Å². The van der Waals surface area contributed by atoms with Crippen molar-refractivity contribution in [2.24, 2.45) is 5.18 Å². The summed E-state index contributed by atoms with van der Waals surface area (Å²) in [6.07, 6.45) is 0.328. The number of hydrogen-bond acceptors (Lipinski definition) is 4. The molecule has 4 heteroatoms. The van der Waals surface area contributed by atoms with Crippen molar-refractivity contribution in [3.63, 3.8) is 0 Å². The third-order valence-electron chi connectivity index (χ3n) is 1.79. The number of nitrogens with zero attached hydrogens (tertiary/aromatic N) is 1. The molecule has 0 aromatic heterocycles. The fourth-order valence-electron chi connectivity index (χ4n) is 1.06. The van der Waals surface area contributed by atoms with Crippen molar-refractivity contribution in [1.29, 1.82) is 0 Å². The van der Waals surface area contributed by atoms with E-state index in [0.717, 1.165) is 5.56 Å². The highest BCUT2D eigenvalue weighted by Gasteiger charge is 2.17. The first-order chi connectivity index (χ1) is 6.77. The highest BCUT2D eigenvalue weighted by molar-refractivity contribution is 5.98. The molecular formula is C10H9NO3. The molecule has 0 saturated heterocycles. The van der Waals surface area contributed by atoms with Gasteiger partial charge in [-0.3, -0.25) is 4.79 Å². The van der Waals surface area contributed by atoms with Crippen LogP contribution in [0, 0.1) is 4.91 Å². The van der Waals surface area contributed by atoms with Crippen molar-refractivity contribution in [2.45, 2.75) is 12.5 Å². The standard InChI is InChI=1S/C10H9NO3/c12-7-9(11-14)10(13)6-8-4-2-1-3-5-8/h1-5,7,9H,6H2. The minimum Gasteiger partial charge on any atom is -0.300 e. The number of rotatable bonds is 5. The van der Waals surface area contributed by atoms with Gasteiger partial charge in [0.1, 0.15) is 0 Å². The van der Waals surface area contributed by atoms with Crippen LogP contribution in [-0.4, -0.2) is 18.1 Å². The van der Waals surface area contributed by atoms with E-state index in [4.69, 9.17) is 0 Å². The number of carbonyl (C=O) groups is 2.